The van der Waals surface area contributed by atoms with Crippen LogP contribution in [-0.2, 0) is 9.47 Å². The van der Waals surface area contributed by atoms with E-state index in [4.69, 9.17) is 21.1 Å². The van der Waals surface area contributed by atoms with Gasteiger partial charge in [0.05, 0.1) is 18.7 Å². The standard InChI is InChI=1S/C11H20ClNO3/c1-11(2,3)16-10(14)13-7-9(15-4)5-8(13)6-12/h8-9H,5-7H2,1-4H3/t8-,9-/m0/s1. The van der Waals surface area contributed by atoms with E-state index in [0.717, 1.165) is 6.42 Å². The molecule has 1 aliphatic rings. The van der Waals surface area contributed by atoms with Crippen LogP contribution in [0.3, 0.4) is 0 Å². The van der Waals surface area contributed by atoms with Gasteiger partial charge in [-0.1, -0.05) is 0 Å². The Morgan fingerprint density at radius 1 is 1.50 bits per heavy atom. The molecule has 0 bridgehead atoms. The lowest BCUT2D eigenvalue weighted by Crippen LogP contribution is -2.40. The Hall–Kier alpha value is -0.480. The summed E-state index contributed by atoms with van der Waals surface area (Å²) in [4.78, 5) is 13.5. The number of alkyl halides is 1. The highest BCUT2D eigenvalue weighted by atomic mass is 35.5. The van der Waals surface area contributed by atoms with Gasteiger partial charge in [-0.3, -0.25) is 0 Å². The molecule has 0 radical (unpaired) electrons. The van der Waals surface area contributed by atoms with Crippen molar-refractivity contribution < 1.29 is 14.3 Å². The summed E-state index contributed by atoms with van der Waals surface area (Å²) in [7, 11) is 1.65. The fourth-order valence-electron chi connectivity index (χ4n) is 1.73. The number of hydrogen-bond donors (Lipinski definition) is 0. The first kappa shape index (κ1) is 13.6. The fraction of sp³-hybridized carbons (Fsp3) is 0.909. The summed E-state index contributed by atoms with van der Waals surface area (Å²) in [6, 6.07) is 0.0152. The lowest BCUT2D eigenvalue weighted by molar-refractivity contribution is 0.0209. The van der Waals surface area contributed by atoms with Gasteiger partial charge in [0.25, 0.3) is 0 Å². The molecule has 1 amide bonds. The van der Waals surface area contributed by atoms with Crippen LogP contribution in [0, 0.1) is 0 Å². The predicted molar refractivity (Wildman–Crippen MR) is 62.9 cm³/mol. The SMILES string of the molecule is CO[C@H]1C[C@@H](CCl)N(C(=O)OC(C)(C)C)C1. The Labute approximate surface area is 102 Å². The zero-order valence-corrected chi connectivity index (χ0v) is 11.1. The molecule has 1 fully saturated rings. The molecule has 5 heteroatoms. The van der Waals surface area contributed by atoms with E-state index in [2.05, 4.69) is 0 Å². The molecule has 0 aromatic rings. The second kappa shape index (κ2) is 5.23. The number of methoxy groups -OCH3 is 1. The number of rotatable bonds is 2. The van der Waals surface area contributed by atoms with E-state index >= 15 is 0 Å². The number of amides is 1. The van der Waals surface area contributed by atoms with Crippen LogP contribution in [0.4, 0.5) is 4.79 Å². The Kier molecular flexibility index (Phi) is 4.44. The van der Waals surface area contributed by atoms with Gasteiger partial charge >= 0.3 is 6.09 Å². The number of halogens is 1. The molecule has 16 heavy (non-hydrogen) atoms. The van der Waals surface area contributed by atoms with Gasteiger partial charge in [0.15, 0.2) is 0 Å². The zero-order valence-electron chi connectivity index (χ0n) is 10.3. The average Bonchev–Trinajstić information content (AvgIpc) is 2.58. The highest BCUT2D eigenvalue weighted by Crippen LogP contribution is 2.23. The zero-order chi connectivity index (χ0) is 12.3. The van der Waals surface area contributed by atoms with Crippen molar-refractivity contribution in [1.82, 2.24) is 4.90 Å². The number of ether oxygens (including phenoxy) is 2. The van der Waals surface area contributed by atoms with Crippen molar-refractivity contribution in [2.45, 2.75) is 44.9 Å². The van der Waals surface area contributed by atoms with Gasteiger partial charge in [0.1, 0.15) is 5.60 Å². The largest absolute Gasteiger partial charge is 0.444 e. The molecule has 1 rings (SSSR count). The minimum Gasteiger partial charge on any atom is -0.444 e. The van der Waals surface area contributed by atoms with Crippen molar-refractivity contribution in [3.8, 4) is 0 Å². The van der Waals surface area contributed by atoms with Crippen LogP contribution in [0.5, 0.6) is 0 Å². The fourth-order valence-corrected chi connectivity index (χ4v) is 2.03. The third-order valence-electron chi connectivity index (χ3n) is 2.52. The van der Waals surface area contributed by atoms with E-state index < -0.39 is 5.60 Å². The van der Waals surface area contributed by atoms with Crippen LogP contribution in [-0.4, -0.2) is 48.3 Å². The lowest BCUT2D eigenvalue weighted by Gasteiger charge is -2.27. The second-order valence-electron chi connectivity index (χ2n) is 5.03. The van der Waals surface area contributed by atoms with Gasteiger partial charge in [0.2, 0.25) is 0 Å². The third-order valence-corrected chi connectivity index (χ3v) is 2.87. The normalized spacial score (nSPS) is 25.9. The van der Waals surface area contributed by atoms with E-state index in [-0.39, 0.29) is 18.2 Å². The lowest BCUT2D eigenvalue weighted by atomic mass is 10.2. The summed E-state index contributed by atoms with van der Waals surface area (Å²) in [5.41, 5.74) is -0.473. The molecule has 0 N–H and O–H groups in total. The first-order valence-electron chi connectivity index (χ1n) is 5.45. The van der Waals surface area contributed by atoms with Crippen LogP contribution in [0.15, 0.2) is 0 Å². The molecule has 1 saturated heterocycles. The summed E-state index contributed by atoms with van der Waals surface area (Å²) >= 11 is 5.84. The first-order chi connectivity index (χ1) is 7.37. The summed E-state index contributed by atoms with van der Waals surface area (Å²) in [6.45, 7) is 6.11. The van der Waals surface area contributed by atoms with Crippen LogP contribution in [0.1, 0.15) is 27.2 Å². The Balaban J connectivity index is 2.61. The molecule has 94 valence electrons. The van der Waals surface area contributed by atoms with Crippen molar-refractivity contribution in [3.63, 3.8) is 0 Å². The molecule has 0 saturated carbocycles. The maximum atomic E-state index is 11.9. The van der Waals surface area contributed by atoms with Gasteiger partial charge < -0.3 is 14.4 Å². The Morgan fingerprint density at radius 2 is 2.12 bits per heavy atom. The second-order valence-corrected chi connectivity index (χ2v) is 5.34. The number of likely N-dealkylation sites (tertiary alicyclic amines) is 1. The summed E-state index contributed by atoms with van der Waals surface area (Å²) < 4.78 is 10.6. The molecule has 1 aliphatic heterocycles. The van der Waals surface area contributed by atoms with Gasteiger partial charge in [-0.25, -0.2) is 4.79 Å². The van der Waals surface area contributed by atoms with Crippen LogP contribution in [0.25, 0.3) is 0 Å². The topological polar surface area (TPSA) is 38.8 Å². The van der Waals surface area contributed by atoms with Gasteiger partial charge in [-0.15, -0.1) is 11.6 Å². The quantitative estimate of drug-likeness (QED) is 0.705. The Morgan fingerprint density at radius 3 is 2.56 bits per heavy atom. The molecule has 1 heterocycles. The maximum Gasteiger partial charge on any atom is 0.410 e. The number of nitrogens with zero attached hydrogens (tertiary/aromatic N) is 1. The smallest absolute Gasteiger partial charge is 0.410 e. The van der Waals surface area contributed by atoms with Gasteiger partial charge in [-0.2, -0.15) is 0 Å². The van der Waals surface area contributed by atoms with Crippen molar-refractivity contribution in [2.24, 2.45) is 0 Å². The highest BCUT2D eigenvalue weighted by Gasteiger charge is 2.36. The average molecular weight is 250 g/mol. The molecular weight excluding hydrogens is 230 g/mol. The predicted octanol–water partition coefficient (Wildman–Crippen LogP) is 2.25. The van der Waals surface area contributed by atoms with Crippen LogP contribution in [0.2, 0.25) is 0 Å². The van der Waals surface area contributed by atoms with E-state index in [0.29, 0.717) is 12.4 Å². The molecular formula is C11H20ClNO3. The minimum atomic E-state index is -0.473. The van der Waals surface area contributed by atoms with E-state index in [9.17, 15) is 4.79 Å². The molecule has 0 unspecified atom stereocenters. The summed E-state index contributed by atoms with van der Waals surface area (Å²) in [6.07, 6.45) is 0.535. The number of carbonyl (C=O) groups excluding carboxylic acids is 1. The minimum absolute atomic E-state index is 0.0152. The highest BCUT2D eigenvalue weighted by molar-refractivity contribution is 6.18. The summed E-state index contributed by atoms with van der Waals surface area (Å²) in [5.74, 6) is 0.416. The van der Waals surface area contributed by atoms with Crippen molar-refractivity contribution in [2.75, 3.05) is 19.5 Å². The van der Waals surface area contributed by atoms with Crippen molar-refractivity contribution >= 4 is 17.7 Å². The molecule has 0 aromatic heterocycles. The maximum absolute atomic E-state index is 11.9. The molecule has 0 aromatic carbocycles. The molecule has 4 nitrogen and oxygen atoms in total. The first-order valence-corrected chi connectivity index (χ1v) is 5.99. The Bertz CT molecular complexity index is 252. The van der Waals surface area contributed by atoms with Crippen LogP contribution >= 0.6 is 11.6 Å². The third kappa shape index (κ3) is 3.52. The van der Waals surface area contributed by atoms with Crippen molar-refractivity contribution in [3.05, 3.63) is 0 Å². The number of carbonyl (C=O) groups is 1. The van der Waals surface area contributed by atoms with E-state index in [1.165, 1.54) is 0 Å². The van der Waals surface area contributed by atoms with Crippen LogP contribution < -0.4 is 0 Å². The molecule has 2 atom stereocenters. The molecule has 0 spiro atoms. The van der Waals surface area contributed by atoms with E-state index in [1.54, 1.807) is 12.0 Å². The van der Waals surface area contributed by atoms with E-state index in [1.807, 2.05) is 20.8 Å². The number of hydrogen-bond acceptors (Lipinski definition) is 3. The monoisotopic (exact) mass is 249 g/mol. The molecule has 0 aliphatic carbocycles. The summed E-state index contributed by atoms with van der Waals surface area (Å²) in [5, 5.41) is 0. The van der Waals surface area contributed by atoms with Crippen molar-refractivity contribution in [1.29, 1.82) is 0 Å². The van der Waals surface area contributed by atoms with Gasteiger partial charge in [-0.05, 0) is 27.2 Å². The van der Waals surface area contributed by atoms with Gasteiger partial charge in [0, 0.05) is 13.0 Å².